The zero-order chi connectivity index (χ0) is 16.8. The Kier molecular flexibility index (Phi) is 3.64. The maximum absolute atomic E-state index is 11.9. The van der Waals surface area contributed by atoms with Crippen molar-refractivity contribution in [1.82, 2.24) is 14.5 Å². The van der Waals surface area contributed by atoms with Crippen molar-refractivity contribution in [1.29, 1.82) is 0 Å². The van der Waals surface area contributed by atoms with Gasteiger partial charge < -0.3 is 20.7 Å². The number of nitrogens with zero attached hydrogens (tertiary/aromatic N) is 2. The maximum atomic E-state index is 11.9. The lowest BCUT2D eigenvalue weighted by molar-refractivity contribution is 0.0571. The first-order valence-electron chi connectivity index (χ1n) is 6.30. The van der Waals surface area contributed by atoms with Crippen LogP contribution in [-0.4, -0.2) is 36.2 Å². The molecule has 10 heteroatoms. The Morgan fingerprint density at radius 1 is 1.61 bits per heavy atom. The summed E-state index contributed by atoms with van der Waals surface area (Å²) in [7, 11) is 0. The van der Waals surface area contributed by atoms with E-state index in [0.717, 1.165) is 0 Å². The van der Waals surface area contributed by atoms with Gasteiger partial charge in [0.15, 0.2) is 17.2 Å². The summed E-state index contributed by atoms with van der Waals surface area (Å²) in [5.41, 5.74) is 5.30. The average molecular weight is 357 g/mol. The summed E-state index contributed by atoms with van der Waals surface area (Å²) >= 11 is 11.8. The molecule has 1 aliphatic rings. The van der Waals surface area contributed by atoms with E-state index in [9.17, 15) is 15.0 Å². The van der Waals surface area contributed by atoms with E-state index in [-0.39, 0.29) is 22.7 Å². The summed E-state index contributed by atoms with van der Waals surface area (Å²) in [6.45, 7) is -0.587. The van der Waals surface area contributed by atoms with E-state index < -0.39 is 29.0 Å². The molecule has 0 amide bonds. The van der Waals surface area contributed by atoms with Crippen molar-refractivity contribution in [3.8, 4) is 11.3 Å². The molecule has 1 aliphatic heterocycles. The van der Waals surface area contributed by atoms with Gasteiger partial charge in [-0.2, -0.15) is 4.98 Å². The van der Waals surface area contributed by atoms with Gasteiger partial charge in [0, 0.05) is 11.6 Å². The van der Waals surface area contributed by atoms with Crippen LogP contribution in [-0.2, 0) is 4.74 Å². The van der Waals surface area contributed by atoms with Crippen LogP contribution in [0.5, 0.6) is 0 Å². The van der Waals surface area contributed by atoms with Crippen molar-refractivity contribution in [3.63, 3.8) is 0 Å². The number of hydrogen-bond acceptors (Lipinski definition) is 6. The van der Waals surface area contributed by atoms with Crippen molar-refractivity contribution in [2.45, 2.75) is 11.1 Å². The minimum absolute atomic E-state index is 0.0939. The molecule has 3 heterocycles. The Morgan fingerprint density at radius 3 is 3.00 bits per heavy atom. The van der Waals surface area contributed by atoms with Crippen LogP contribution in [0.4, 0.5) is 5.95 Å². The number of H-pyrrole nitrogens is 1. The van der Waals surface area contributed by atoms with Gasteiger partial charge in [-0.25, -0.2) is 0 Å². The first-order chi connectivity index (χ1) is 10.9. The van der Waals surface area contributed by atoms with E-state index in [1.165, 1.54) is 16.8 Å². The normalized spacial score (nSPS) is 23.7. The number of anilines is 1. The largest absolute Gasteiger partial charge is 0.506 e. The number of aliphatic hydroxyl groups is 2. The van der Waals surface area contributed by atoms with E-state index in [0.29, 0.717) is 0 Å². The third-order valence-electron chi connectivity index (χ3n) is 3.43. The van der Waals surface area contributed by atoms with Crippen LogP contribution < -0.4 is 11.3 Å². The standard InChI is InChI=1S/C13H10Cl2N4O4/c14-3-2-13(15)8(21)7(5-20)23-11(13)19-4-1-6-9(19)17-12(16)18-10(6)22/h1,4,11,20-21H,5H2,(H3,16,17,18,22)/t11-,13?/m1/s1. The predicted octanol–water partition coefficient (Wildman–Crippen LogP) is 0.775. The van der Waals surface area contributed by atoms with Crippen molar-refractivity contribution in [2.24, 2.45) is 0 Å². The van der Waals surface area contributed by atoms with Gasteiger partial charge in [-0.1, -0.05) is 11.6 Å². The summed E-state index contributed by atoms with van der Waals surface area (Å²) < 4.78 is 6.86. The SMILES string of the molecule is Nc1nc2c(ccn2[C@@H]2OC(CO)=C(O)C2(Cl)C#CCl)c(=O)[nH]1. The fourth-order valence-corrected chi connectivity index (χ4v) is 2.89. The number of nitrogen functional groups attached to an aromatic ring is 1. The van der Waals surface area contributed by atoms with E-state index >= 15 is 0 Å². The molecular formula is C13H10Cl2N4O4. The van der Waals surface area contributed by atoms with Crippen LogP contribution in [0, 0.1) is 11.3 Å². The molecule has 2 atom stereocenters. The third-order valence-corrected chi connectivity index (χ3v) is 3.98. The zero-order valence-electron chi connectivity index (χ0n) is 11.4. The number of fused-ring (bicyclic) bond motifs is 1. The molecule has 0 bridgehead atoms. The Labute approximate surface area is 139 Å². The van der Waals surface area contributed by atoms with Crippen LogP contribution in [0.15, 0.2) is 28.6 Å². The number of aliphatic hydroxyl groups excluding tert-OH is 2. The van der Waals surface area contributed by atoms with Gasteiger partial charge in [0.2, 0.25) is 17.1 Å². The number of ether oxygens (including phenoxy) is 1. The third kappa shape index (κ3) is 2.21. The lowest BCUT2D eigenvalue weighted by Crippen LogP contribution is -2.31. The molecule has 1 unspecified atom stereocenters. The molecule has 0 saturated carbocycles. The first kappa shape index (κ1) is 15.6. The Bertz CT molecular complexity index is 939. The summed E-state index contributed by atoms with van der Waals surface area (Å²) in [6, 6.07) is 1.49. The van der Waals surface area contributed by atoms with Crippen LogP contribution in [0.1, 0.15) is 6.23 Å². The molecule has 0 aliphatic carbocycles. The molecule has 2 aromatic rings. The second-order valence-electron chi connectivity index (χ2n) is 4.74. The monoisotopic (exact) mass is 356 g/mol. The number of aromatic amines is 1. The van der Waals surface area contributed by atoms with Crippen LogP contribution in [0.2, 0.25) is 0 Å². The minimum Gasteiger partial charge on any atom is -0.506 e. The fourth-order valence-electron chi connectivity index (χ4n) is 2.39. The maximum Gasteiger partial charge on any atom is 0.261 e. The Morgan fingerprint density at radius 2 is 2.35 bits per heavy atom. The number of aromatic nitrogens is 3. The van der Waals surface area contributed by atoms with E-state index in [1.54, 1.807) is 0 Å². The Hall–Kier alpha value is -2.34. The van der Waals surface area contributed by atoms with Gasteiger partial charge in [0.1, 0.15) is 6.61 Å². The first-order valence-corrected chi connectivity index (χ1v) is 7.06. The predicted molar refractivity (Wildman–Crippen MR) is 83.8 cm³/mol. The zero-order valence-corrected chi connectivity index (χ0v) is 12.9. The van der Waals surface area contributed by atoms with Crippen LogP contribution >= 0.6 is 23.2 Å². The van der Waals surface area contributed by atoms with Gasteiger partial charge in [-0.05, 0) is 23.6 Å². The van der Waals surface area contributed by atoms with Gasteiger partial charge in [0.05, 0.1) is 5.39 Å². The Balaban J connectivity index is 2.22. The molecule has 23 heavy (non-hydrogen) atoms. The fraction of sp³-hybridized carbons (Fsp3) is 0.231. The van der Waals surface area contributed by atoms with Gasteiger partial charge in [0.25, 0.3) is 5.56 Å². The number of hydrogen-bond donors (Lipinski definition) is 4. The molecule has 0 aromatic carbocycles. The van der Waals surface area contributed by atoms with Crippen molar-refractivity contribution < 1.29 is 14.9 Å². The molecule has 0 radical (unpaired) electrons. The average Bonchev–Trinajstić information content (AvgIpc) is 3.01. The van der Waals surface area contributed by atoms with Gasteiger partial charge in [-0.3, -0.25) is 14.3 Å². The molecule has 120 valence electrons. The molecular weight excluding hydrogens is 347 g/mol. The molecule has 5 N–H and O–H groups in total. The lowest BCUT2D eigenvalue weighted by atomic mass is 10.1. The van der Waals surface area contributed by atoms with E-state index in [1.807, 2.05) is 0 Å². The number of alkyl halides is 1. The van der Waals surface area contributed by atoms with Gasteiger partial charge in [-0.15, -0.1) is 0 Å². The number of halogens is 2. The topological polar surface area (TPSA) is 126 Å². The summed E-state index contributed by atoms with van der Waals surface area (Å²) in [5.74, 6) is 1.74. The summed E-state index contributed by atoms with van der Waals surface area (Å²) in [4.78, 5) is 16.6. The highest BCUT2D eigenvalue weighted by molar-refractivity contribution is 6.33. The second-order valence-corrected chi connectivity index (χ2v) is 5.53. The number of rotatable bonds is 2. The molecule has 0 saturated heterocycles. The molecule has 8 nitrogen and oxygen atoms in total. The number of nitrogens with two attached hydrogens (primary N) is 1. The highest BCUT2D eigenvalue weighted by Crippen LogP contribution is 2.45. The highest BCUT2D eigenvalue weighted by Gasteiger charge is 2.51. The van der Waals surface area contributed by atoms with Crippen molar-refractivity contribution >= 4 is 40.2 Å². The molecule has 2 aromatic heterocycles. The van der Waals surface area contributed by atoms with E-state index in [2.05, 4.69) is 21.3 Å². The summed E-state index contributed by atoms with van der Waals surface area (Å²) in [6.07, 6.45) is 0.376. The second kappa shape index (κ2) is 5.38. The minimum atomic E-state index is -1.75. The van der Waals surface area contributed by atoms with Crippen LogP contribution in [0.25, 0.3) is 11.0 Å². The number of nitrogens with one attached hydrogen (secondary N) is 1. The van der Waals surface area contributed by atoms with Crippen molar-refractivity contribution in [3.05, 3.63) is 34.1 Å². The quantitative estimate of drug-likeness (QED) is 0.465. The smallest absolute Gasteiger partial charge is 0.261 e. The molecule has 0 fully saturated rings. The molecule has 0 spiro atoms. The van der Waals surface area contributed by atoms with E-state index in [4.69, 9.17) is 33.7 Å². The summed E-state index contributed by atoms with van der Waals surface area (Å²) in [5, 5.41) is 21.8. The van der Waals surface area contributed by atoms with Crippen molar-refractivity contribution in [2.75, 3.05) is 12.3 Å². The molecule has 3 rings (SSSR count). The highest BCUT2D eigenvalue weighted by atomic mass is 35.5. The lowest BCUT2D eigenvalue weighted by Gasteiger charge is -2.24. The van der Waals surface area contributed by atoms with Crippen LogP contribution in [0.3, 0.4) is 0 Å². The van der Waals surface area contributed by atoms with Gasteiger partial charge >= 0.3 is 0 Å².